The van der Waals surface area contributed by atoms with Gasteiger partial charge >= 0.3 is 0 Å². The Kier molecular flexibility index (Phi) is 6.25. The number of nitrogens with zero attached hydrogens (tertiary/aromatic N) is 2. The fourth-order valence-corrected chi connectivity index (χ4v) is 4.18. The summed E-state index contributed by atoms with van der Waals surface area (Å²) in [6.45, 7) is 8.87. The highest BCUT2D eigenvalue weighted by Crippen LogP contribution is 2.32. The summed E-state index contributed by atoms with van der Waals surface area (Å²) in [6, 6.07) is 18.3. The first-order valence-electron chi connectivity index (χ1n) is 9.44. The molecular formula is C23H27N3OS. The average molecular weight is 394 g/mol. The highest BCUT2D eigenvalue weighted by atomic mass is 32.2. The van der Waals surface area contributed by atoms with Gasteiger partial charge in [0.1, 0.15) is 0 Å². The molecule has 0 bridgehead atoms. The van der Waals surface area contributed by atoms with Crippen molar-refractivity contribution < 1.29 is 4.79 Å². The Hall–Kier alpha value is -2.53. The van der Waals surface area contributed by atoms with Crippen LogP contribution in [0.5, 0.6) is 0 Å². The summed E-state index contributed by atoms with van der Waals surface area (Å²) in [5.74, 6) is 0.336. The van der Waals surface area contributed by atoms with E-state index in [0.717, 1.165) is 22.1 Å². The Morgan fingerprint density at radius 3 is 2.43 bits per heavy atom. The Bertz CT molecular complexity index is 886. The lowest BCUT2D eigenvalue weighted by Gasteiger charge is -2.34. The van der Waals surface area contributed by atoms with E-state index in [1.807, 2.05) is 30.3 Å². The fourth-order valence-electron chi connectivity index (χ4n) is 3.14. The van der Waals surface area contributed by atoms with E-state index in [1.165, 1.54) is 17.3 Å². The summed E-state index contributed by atoms with van der Waals surface area (Å²) >= 11 is 1.48. The van der Waals surface area contributed by atoms with E-state index < -0.39 is 0 Å². The zero-order valence-corrected chi connectivity index (χ0v) is 17.7. The third-order valence-electron chi connectivity index (χ3n) is 4.45. The van der Waals surface area contributed by atoms with Crippen molar-refractivity contribution in [2.75, 3.05) is 10.7 Å². The van der Waals surface area contributed by atoms with E-state index in [2.05, 4.69) is 68.3 Å². The number of thioether (sulfide) groups is 1. The van der Waals surface area contributed by atoms with Crippen molar-refractivity contribution in [3.8, 4) is 0 Å². The standard InChI is InChI=1S/C23H27N3OS/c1-17-10-12-20(13-11-17)26-18(2)14-23(3,4)25-22(26)28-16-21(27)24-15-19-8-6-5-7-9-19/h5-14H,15-16H2,1-4H3,(H,24,27). The van der Waals surface area contributed by atoms with Crippen LogP contribution in [0, 0.1) is 6.92 Å². The maximum Gasteiger partial charge on any atom is 0.230 e. The van der Waals surface area contributed by atoms with Crippen LogP contribution in [0.1, 0.15) is 31.9 Å². The highest BCUT2D eigenvalue weighted by molar-refractivity contribution is 8.14. The van der Waals surface area contributed by atoms with E-state index in [0.29, 0.717) is 12.3 Å². The molecule has 146 valence electrons. The molecule has 0 fully saturated rings. The van der Waals surface area contributed by atoms with Crippen LogP contribution in [-0.4, -0.2) is 22.4 Å². The smallest absolute Gasteiger partial charge is 0.230 e. The minimum absolute atomic E-state index is 0.00502. The van der Waals surface area contributed by atoms with Crippen molar-refractivity contribution in [1.29, 1.82) is 0 Å². The first-order valence-corrected chi connectivity index (χ1v) is 10.4. The Balaban J connectivity index is 1.69. The number of allylic oxidation sites excluding steroid dienone is 1. The summed E-state index contributed by atoms with van der Waals surface area (Å²) in [4.78, 5) is 19.4. The molecule has 28 heavy (non-hydrogen) atoms. The van der Waals surface area contributed by atoms with Crippen LogP contribution in [0.4, 0.5) is 5.69 Å². The number of rotatable bonds is 5. The van der Waals surface area contributed by atoms with Crippen LogP contribution >= 0.6 is 11.8 Å². The molecular weight excluding hydrogens is 366 g/mol. The number of carbonyl (C=O) groups excluding carboxylic acids is 1. The number of anilines is 1. The van der Waals surface area contributed by atoms with E-state index in [-0.39, 0.29) is 11.4 Å². The third-order valence-corrected chi connectivity index (χ3v) is 5.39. The van der Waals surface area contributed by atoms with Gasteiger partial charge in [-0.15, -0.1) is 0 Å². The van der Waals surface area contributed by atoms with Crippen molar-refractivity contribution >= 4 is 28.5 Å². The van der Waals surface area contributed by atoms with Crippen LogP contribution in [0.2, 0.25) is 0 Å². The molecule has 1 N–H and O–H groups in total. The second kappa shape index (κ2) is 8.65. The molecule has 1 amide bonds. The lowest BCUT2D eigenvalue weighted by atomic mass is 10.0. The minimum Gasteiger partial charge on any atom is -0.351 e. The number of aliphatic imine (C=N–C) groups is 1. The van der Waals surface area contributed by atoms with Crippen molar-refractivity contribution in [2.45, 2.75) is 39.8 Å². The molecule has 2 aromatic rings. The quantitative estimate of drug-likeness (QED) is 0.785. The largest absolute Gasteiger partial charge is 0.351 e. The number of hydrogen-bond donors (Lipinski definition) is 1. The van der Waals surface area contributed by atoms with E-state index >= 15 is 0 Å². The molecule has 0 saturated carbocycles. The second-order valence-corrected chi connectivity index (χ2v) is 8.50. The summed E-state index contributed by atoms with van der Waals surface area (Å²) < 4.78 is 0. The molecule has 4 nitrogen and oxygen atoms in total. The fraction of sp³-hybridized carbons (Fsp3) is 0.304. The van der Waals surface area contributed by atoms with Gasteiger partial charge < -0.3 is 5.32 Å². The molecule has 0 aliphatic carbocycles. The first kappa shape index (κ1) is 20.2. The lowest BCUT2D eigenvalue weighted by molar-refractivity contribution is -0.118. The highest BCUT2D eigenvalue weighted by Gasteiger charge is 2.27. The normalized spacial score (nSPS) is 15.6. The number of aryl methyl sites for hydroxylation is 1. The van der Waals surface area contributed by atoms with Gasteiger partial charge in [0.25, 0.3) is 0 Å². The summed E-state index contributed by atoms with van der Waals surface area (Å²) in [5, 5.41) is 3.84. The average Bonchev–Trinajstić information content (AvgIpc) is 2.65. The number of benzene rings is 2. The van der Waals surface area contributed by atoms with Crippen molar-refractivity contribution in [3.63, 3.8) is 0 Å². The van der Waals surface area contributed by atoms with Gasteiger partial charge in [0.05, 0.1) is 11.3 Å². The van der Waals surface area contributed by atoms with Crippen molar-refractivity contribution in [3.05, 3.63) is 77.5 Å². The molecule has 0 saturated heterocycles. The van der Waals surface area contributed by atoms with Gasteiger partial charge in [0.15, 0.2) is 5.17 Å². The summed E-state index contributed by atoms with van der Waals surface area (Å²) in [7, 11) is 0. The maximum absolute atomic E-state index is 12.4. The van der Waals surface area contributed by atoms with Gasteiger partial charge in [-0.25, -0.2) is 0 Å². The SMILES string of the molecule is CC1=CC(C)(C)N=C(SCC(=O)NCc2ccccc2)N1c1ccc(C)cc1. The minimum atomic E-state index is -0.284. The van der Waals surface area contributed by atoms with E-state index in [9.17, 15) is 4.79 Å². The zero-order chi connectivity index (χ0) is 20.1. The number of nitrogens with one attached hydrogen (secondary N) is 1. The summed E-state index contributed by atoms with van der Waals surface area (Å²) in [5.41, 5.74) is 4.21. The van der Waals surface area contributed by atoms with Crippen molar-refractivity contribution in [2.24, 2.45) is 4.99 Å². The number of hydrogen-bond acceptors (Lipinski definition) is 4. The Morgan fingerprint density at radius 2 is 1.75 bits per heavy atom. The topological polar surface area (TPSA) is 44.7 Å². The second-order valence-electron chi connectivity index (χ2n) is 7.56. The summed E-state index contributed by atoms with van der Waals surface area (Å²) in [6.07, 6.45) is 2.16. The molecule has 0 spiro atoms. The van der Waals surface area contributed by atoms with Crippen LogP contribution in [0.25, 0.3) is 0 Å². The Morgan fingerprint density at radius 1 is 1.07 bits per heavy atom. The Labute approximate surface area is 171 Å². The monoisotopic (exact) mass is 393 g/mol. The van der Waals surface area contributed by atoms with Gasteiger partial charge in [0, 0.05) is 17.9 Å². The van der Waals surface area contributed by atoms with Crippen molar-refractivity contribution in [1.82, 2.24) is 5.32 Å². The van der Waals surface area contributed by atoms with Gasteiger partial charge in [-0.1, -0.05) is 59.8 Å². The first-order chi connectivity index (χ1) is 13.3. The molecule has 1 aliphatic rings. The van der Waals surface area contributed by atoms with E-state index in [1.54, 1.807) is 0 Å². The third kappa shape index (κ3) is 5.26. The zero-order valence-electron chi connectivity index (χ0n) is 16.9. The molecule has 3 rings (SSSR count). The van der Waals surface area contributed by atoms with Crippen LogP contribution in [0.3, 0.4) is 0 Å². The molecule has 0 aromatic heterocycles. The maximum atomic E-state index is 12.4. The number of amidine groups is 1. The number of amides is 1. The van der Waals surface area contributed by atoms with Crippen LogP contribution in [0.15, 0.2) is 71.4 Å². The predicted octanol–water partition coefficient (Wildman–Crippen LogP) is 4.90. The van der Waals surface area contributed by atoms with Crippen LogP contribution < -0.4 is 10.2 Å². The molecule has 5 heteroatoms. The van der Waals surface area contributed by atoms with E-state index in [4.69, 9.17) is 4.99 Å². The lowest BCUT2D eigenvalue weighted by Crippen LogP contribution is -2.36. The molecule has 0 unspecified atom stereocenters. The molecule has 1 aliphatic heterocycles. The van der Waals surface area contributed by atoms with Crippen LogP contribution in [-0.2, 0) is 11.3 Å². The van der Waals surface area contributed by atoms with Gasteiger partial charge in [-0.2, -0.15) is 0 Å². The molecule has 2 aromatic carbocycles. The molecule has 0 atom stereocenters. The number of carbonyl (C=O) groups is 1. The van der Waals surface area contributed by atoms with Gasteiger partial charge in [-0.05, 0) is 51.5 Å². The molecule has 1 heterocycles. The molecule has 0 radical (unpaired) electrons. The van der Waals surface area contributed by atoms with Gasteiger partial charge in [-0.3, -0.25) is 14.7 Å². The van der Waals surface area contributed by atoms with Gasteiger partial charge in [0.2, 0.25) is 5.91 Å². The predicted molar refractivity (Wildman–Crippen MR) is 120 cm³/mol.